The fraction of sp³-hybridized carbons (Fsp3) is 0.562. The number of amides is 2. The number of morpholine rings is 1. The minimum Gasteiger partial charge on any atom is -0.379 e. The highest BCUT2D eigenvalue weighted by Crippen LogP contribution is 2.24. The Balaban J connectivity index is 1.68. The van der Waals surface area contributed by atoms with E-state index in [2.05, 4.69) is 16.3 Å². The molecule has 0 aliphatic carbocycles. The summed E-state index contributed by atoms with van der Waals surface area (Å²) in [4.78, 5) is 16.3. The van der Waals surface area contributed by atoms with Crippen molar-refractivity contribution in [1.82, 2.24) is 15.1 Å². The van der Waals surface area contributed by atoms with Gasteiger partial charge in [0, 0.05) is 37.7 Å². The molecule has 6 heteroatoms. The molecule has 22 heavy (non-hydrogen) atoms. The summed E-state index contributed by atoms with van der Waals surface area (Å²) in [6.45, 7) is 5.54. The van der Waals surface area contributed by atoms with Crippen LogP contribution in [0.15, 0.2) is 24.3 Å². The van der Waals surface area contributed by atoms with E-state index in [1.807, 2.05) is 23.1 Å². The molecule has 0 unspecified atom stereocenters. The highest BCUT2D eigenvalue weighted by molar-refractivity contribution is 6.30. The summed E-state index contributed by atoms with van der Waals surface area (Å²) < 4.78 is 5.44. The smallest absolute Gasteiger partial charge is 0.317 e. The van der Waals surface area contributed by atoms with Crippen LogP contribution in [0.1, 0.15) is 18.0 Å². The molecule has 2 heterocycles. The monoisotopic (exact) mass is 323 g/mol. The first-order valence-electron chi connectivity index (χ1n) is 7.84. The first kappa shape index (κ1) is 15.6. The Morgan fingerprint density at radius 1 is 1.27 bits per heavy atom. The van der Waals surface area contributed by atoms with E-state index in [1.54, 1.807) is 0 Å². The maximum atomic E-state index is 12.1. The molecule has 0 aromatic heterocycles. The van der Waals surface area contributed by atoms with E-state index in [0.29, 0.717) is 6.54 Å². The molecule has 1 aromatic carbocycles. The standard InChI is InChI=1S/C16H22ClN3O2/c17-14-4-1-3-13(11-14)15(19-7-9-22-10-8-19)12-18-16(21)20-5-2-6-20/h1,3-4,11,15H,2,5-10,12H2,(H,18,21)/t15-/m0/s1. The number of rotatable bonds is 4. The number of urea groups is 1. The highest BCUT2D eigenvalue weighted by Gasteiger charge is 2.25. The van der Waals surface area contributed by atoms with Crippen molar-refractivity contribution in [3.63, 3.8) is 0 Å². The van der Waals surface area contributed by atoms with E-state index in [9.17, 15) is 4.79 Å². The summed E-state index contributed by atoms with van der Waals surface area (Å²) in [7, 11) is 0. The van der Waals surface area contributed by atoms with E-state index < -0.39 is 0 Å². The van der Waals surface area contributed by atoms with Gasteiger partial charge in [0.05, 0.1) is 19.3 Å². The molecule has 5 nitrogen and oxygen atoms in total. The van der Waals surface area contributed by atoms with Crippen LogP contribution in [0.4, 0.5) is 4.79 Å². The fourth-order valence-corrected chi connectivity index (χ4v) is 3.07. The van der Waals surface area contributed by atoms with E-state index in [0.717, 1.165) is 56.4 Å². The first-order chi connectivity index (χ1) is 10.7. The number of ether oxygens (including phenoxy) is 1. The van der Waals surface area contributed by atoms with Crippen LogP contribution >= 0.6 is 11.6 Å². The lowest BCUT2D eigenvalue weighted by atomic mass is 10.0. The van der Waals surface area contributed by atoms with Crippen LogP contribution in [0.3, 0.4) is 0 Å². The SMILES string of the molecule is O=C(NC[C@@H](c1cccc(Cl)c1)N1CCOCC1)N1CCC1. The maximum Gasteiger partial charge on any atom is 0.317 e. The number of carbonyl (C=O) groups is 1. The van der Waals surface area contributed by atoms with Crippen molar-refractivity contribution in [1.29, 1.82) is 0 Å². The summed E-state index contributed by atoms with van der Waals surface area (Å²) in [6.07, 6.45) is 1.11. The van der Waals surface area contributed by atoms with Crippen molar-refractivity contribution in [2.75, 3.05) is 45.9 Å². The van der Waals surface area contributed by atoms with Crippen LogP contribution in [-0.4, -0.2) is 61.8 Å². The number of hydrogen-bond acceptors (Lipinski definition) is 3. The number of carbonyl (C=O) groups excluding carboxylic acids is 1. The number of nitrogens with zero attached hydrogens (tertiary/aromatic N) is 2. The molecular weight excluding hydrogens is 302 g/mol. The predicted molar refractivity (Wildman–Crippen MR) is 86.2 cm³/mol. The number of likely N-dealkylation sites (tertiary alicyclic amines) is 1. The lowest BCUT2D eigenvalue weighted by molar-refractivity contribution is 0.0163. The van der Waals surface area contributed by atoms with Gasteiger partial charge in [-0.25, -0.2) is 4.79 Å². The number of benzene rings is 1. The average molecular weight is 324 g/mol. The predicted octanol–water partition coefficient (Wildman–Crippen LogP) is 2.13. The van der Waals surface area contributed by atoms with Crippen molar-refractivity contribution in [2.24, 2.45) is 0 Å². The van der Waals surface area contributed by atoms with Gasteiger partial charge in [-0.2, -0.15) is 0 Å². The van der Waals surface area contributed by atoms with E-state index in [1.165, 1.54) is 0 Å². The van der Waals surface area contributed by atoms with Gasteiger partial charge < -0.3 is 15.0 Å². The Hall–Kier alpha value is -1.30. The summed E-state index contributed by atoms with van der Waals surface area (Å²) in [5, 5.41) is 3.79. The fourth-order valence-electron chi connectivity index (χ4n) is 2.88. The summed E-state index contributed by atoms with van der Waals surface area (Å²) >= 11 is 6.13. The van der Waals surface area contributed by atoms with Crippen LogP contribution in [0, 0.1) is 0 Å². The highest BCUT2D eigenvalue weighted by atomic mass is 35.5. The van der Waals surface area contributed by atoms with Gasteiger partial charge in [-0.15, -0.1) is 0 Å². The minimum atomic E-state index is 0.0338. The molecule has 120 valence electrons. The lowest BCUT2D eigenvalue weighted by Crippen LogP contribution is -2.50. The number of halogens is 1. The Morgan fingerprint density at radius 2 is 2.05 bits per heavy atom. The molecular formula is C16H22ClN3O2. The number of nitrogens with one attached hydrogen (secondary N) is 1. The zero-order valence-corrected chi connectivity index (χ0v) is 13.4. The van der Waals surface area contributed by atoms with Crippen LogP contribution < -0.4 is 5.32 Å². The van der Waals surface area contributed by atoms with E-state index in [-0.39, 0.29) is 12.1 Å². The molecule has 2 amide bonds. The third kappa shape index (κ3) is 3.72. The molecule has 3 rings (SSSR count). The van der Waals surface area contributed by atoms with E-state index >= 15 is 0 Å². The van der Waals surface area contributed by atoms with Crippen molar-refractivity contribution < 1.29 is 9.53 Å². The molecule has 1 N–H and O–H groups in total. The average Bonchev–Trinajstić information content (AvgIpc) is 2.47. The molecule has 1 aromatic rings. The van der Waals surface area contributed by atoms with Crippen LogP contribution in [-0.2, 0) is 4.74 Å². The Labute approximate surface area is 136 Å². The molecule has 1 atom stereocenters. The lowest BCUT2D eigenvalue weighted by Gasteiger charge is -2.36. The van der Waals surface area contributed by atoms with Crippen molar-refractivity contribution >= 4 is 17.6 Å². The second-order valence-electron chi connectivity index (χ2n) is 5.75. The summed E-state index contributed by atoms with van der Waals surface area (Å²) in [6, 6.07) is 8.06. The van der Waals surface area contributed by atoms with Crippen LogP contribution in [0.5, 0.6) is 0 Å². The Morgan fingerprint density at radius 3 is 2.68 bits per heavy atom. The Bertz CT molecular complexity index is 516. The largest absolute Gasteiger partial charge is 0.379 e. The molecule has 2 saturated heterocycles. The van der Waals surface area contributed by atoms with Crippen LogP contribution in [0.25, 0.3) is 0 Å². The van der Waals surface area contributed by atoms with Gasteiger partial charge in [0.2, 0.25) is 0 Å². The topological polar surface area (TPSA) is 44.8 Å². The molecule has 2 aliphatic heterocycles. The maximum absolute atomic E-state index is 12.1. The molecule has 0 saturated carbocycles. The third-order valence-electron chi connectivity index (χ3n) is 4.31. The van der Waals surface area contributed by atoms with Crippen LogP contribution in [0.2, 0.25) is 5.02 Å². The molecule has 0 radical (unpaired) electrons. The number of hydrogen-bond donors (Lipinski definition) is 1. The quantitative estimate of drug-likeness (QED) is 0.923. The zero-order chi connectivity index (χ0) is 15.4. The molecule has 2 fully saturated rings. The Kier molecular flexibility index (Phi) is 5.18. The second kappa shape index (κ2) is 7.31. The first-order valence-corrected chi connectivity index (χ1v) is 8.22. The van der Waals surface area contributed by atoms with Gasteiger partial charge in [0.25, 0.3) is 0 Å². The zero-order valence-electron chi connectivity index (χ0n) is 12.6. The molecule has 0 bridgehead atoms. The summed E-state index contributed by atoms with van der Waals surface area (Å²) in [5.41, 5.74) is 1.14. The second-order valence-corrected chi connectivity index (χ2v) is 6.18. The summed E-state index contributed by atoms with van der Waals surface area (Å²) in [5.74, 6) is 0. The van der Waals surface area contributed by atoms with Gasteiger partial charge in [-0.3, -0.25) is 4.90 Å². The molecule has 2 aliphatic rings. The minimum absolute atomic E-state index is 0.0338. The van der Waals surface area contributed by atoms with Gasteiger partial charge in [-0.05, 0) is 24.1 Å². The van der Waals surface area contributed by atoms with Gasteiger partial charge >= 0.3 is 6.03 Å². The molecule has 0 spiro atoms. The van der Waals surface area contributed by atoms with Gasteiger partial charge in [0.1, 0.15) is 0 Å². The van der Waals surface area contributed by atoms with Crippen molar-refractivity contribution in [2.45, 2.75) is 12.5 Å². The van der Waals surface area contributed by atoms with Gasteiger partial charge in [-0.1, -0.05) is 23.7 Å². The van der Waals surface area contributed by atoms with E-state index in [4.69, 9.17) is 16.3 Å². The third-order valence-corrected chi connectivity index (χ3v) is 4.54. The normalized spacial score (nSPS) is 20.3. The van der Waals surface area contributed by atoms with Crippen molar-refractivity contribution in [3.8, 4) is 0 Å². The van der Waals surface area contributed by atoms with Gasteiger partial charge in [0.15, 0.2) is 0 Å². The van der Waals surface area contributed by atoms with Crippen molar-refractivity contribution in [3.05, 3.63) is 34.9 Å².